The number of nitrogens with zero attached hydrogens (tertiary/aromatic N) is 5. The van der Waals surface area contributed by atoms with E-state index in [1.54, 1.807) is 38.4 Å². The first-order valence-corrected chi connectivity index (χ1v) is 11.6. The lowest BCUT2D eigenvalue weighted by Crippen LogP contribution is -2.49. The molecule has 0 spiro atoms. The molecule has 35 heavy (non-hydrogen) atoms. The number of carbonyl (C=O) groups excluding carboxylic acids is 1. The Hall–Kier alpha value is -3.79. The Kier molecular flexibility index (Phi) is 6.45. The molecule has 0 saturated carbocycles. The second-order valence-corrected chi connectivity index (χ2v) is 8.49. The van der Waals surface area contributed by atoms with E-state index in [9.17, 15) is 4.79 Å². The van der Waals surface area contributed by atoms with Crippen LogP contribution in [0.2, 0.25) is 0 Å². The highest BCUT2D eigenvalue weighted by atomic mass is 16.6. The molecule has 4 heterocycles. The number of hydrogen-bond donors (Lipinski definition) is 0. The first kappa shape index (κ1) is 23.0. The molecule has 0 radical (unpaired) electrons. The van der Waals surface area contributed by atoms with Crippen molar-refractivity contribution < 1.29 is 23.7 Å². The molecule has 5 rings (SSSR count). The third-order valence-electron chi connectivity index (χ3n) is 6.47. The van der Waals surface area contributed by atoms with Crippen molar-refractivity contribution in [2.75, 3.05) is 70.4 Å². The maximum Gasteiger partial charge on any atom is 0.414 e. The number of benzene rings is 1. The minimum atomic E-state index is -0.343. The molecule has 2 fully saturated rings. The number of piperazine rings is 1. The number of cyclic esters (lactones) is 1. The van der Waals surface area contributed by atoms with Crippen LogP contribution in [0, 0.1) is 0 Å². The number of methoxy groups -OCH3 is 3. The molecule has 0 aliphatic carbocycles. The number of carbonyl (C=O) groups is 1. The summed E-state index contributed by atoms with van der Waals surface area (Å²) < 4.78 is 21.7. The fourth-order valence-electron chi connectivity index (χ4n) is 4.64. The molecular formula is C25H29N5O5. The summed E-state index contributed by atoms with van der Waals surface area (Å²) in [6.45, 7) is 4.59. The zero-order valence-electron chi connectivity index (χ0n) is 20.1. The normalized spacial score (nSPS) is 18.6. The number of anilines is 2. The molecular weight excluding hydrogens is 450 g/mol. The van der Waals surface area contributed by atoms with Gasteiger partial charge in [0, 0.05) is 51.1 Å². The van der Waals surface area contributed by atoms with Gasteiger partial charge in [-0.05, 0) is 24.3 Å². The third kappa shape index (κ3) is 4.61. The largest absolute Gasteiger partial charge is 0.493 e. The van der Waals surface area contributed by atoms with Gasteiger partial charge in [0.25, 0.3) is 0 Å². The minimum absolute atomic E-state index is 0.199. The quantitative estimate of drug-likeness (QED) is 0.507. The van der Waals surface area contributed by atoms with Crippen molar-refractivity contribution in [3.8, 4) is 17.4 Å². The van der Waals surface area contributed by atoms with Gasteiger partial charge in [0.15, 0.2) is 11.5 Å². The van der Waals surface area contributed by atoms with Crippen LogP contribution < -0.4 is 24.0 Å². The van der Waals surface area contributed by atoms with E-state index < -0.39 is 0 Å². The maximum atomic E-state index is 12.6. The van der Waals surface area contributed by atoms with Crippen molar-refractivity contribution in [2.24, 2.45) is 0 Å². The predicted octanol–water partition coefficient (Wildman–Crippen LogP) is 2.80. The molecule has 3 aromatic rings. The van der Waals surface area contributed by atoms with E-state index in [1.807, 2.05) is 30.5 Å². The highest BCUT2D eigenvalue weighted by Crippen LogP contribution is 2.33. The number of ether oxygens (including phenoxy) is 4. The number of aromatic nitrogens is 2. The standard InChI is InChI=1S/C25H29N5O5/c1-32-21-6-4-17(14-22(21)33-2)30-16-18(35-25(30)31)15-28-10-12-29(13-11-28)20-8-9-26-19-5-7-23(34-3)27-24(19)20/h4-9,14,18H,10-13,15-16H2,1-3H3. The number of amides is 1. The topological polar surface area (TPSA) is 89.5 Å². The van der Waals surface area contributed by atoms with E-state index >= 15 is 0 Å². The van der Waals surface area contributed by atoms with Crippen molar-refractivity contribution in [3.05, 3.63) is 42.6 Å². The van der Waals surface area contributed by atoms with Crippen molar-refractivity contribution in [1.82, 2.24) is 14.9 Å². The smallest absolute Gasteiger partial charge is 0.414 e. The molecule has 2 aromatic heterocycles. The molecule has 10 nitrogen and oxygen atoms in total. The van der Waals surface area contributed by atoms with Gasteiger partial charge in [0.05, 0.1) is 44.8 Å². The zero-order chi connectivity index (χ0) is 24.4. The minimum Gasteiger partial charge on any atom is -0.493 e. The molecule has 1 aromatic carbocycles. The van der Waals surface area contributed by atoms with Crippen LogP contribution >= 0.6 is 0 Å². The fourth-order valence-corrected chi connectivity index (χ4v) is 4.64. The van der Waals surface area contributed by atoms with E-state index in [-0.39, 0.29) is 12.2 Å². The summed E-state index contributed by atoms with van der Waals surface area (Å²) in [6, 6.07) is 11.2. The number of hydrogen-bond acceptors (Lipinski definition) is 9. The lowest BCUT2D eigenvalue weighted by molar-refractivity contribution is 0.106. The highest BCUT2D eigenvalue weighted by Gasteiger charge is 2.34. The number of fused-ring (bicyclic) bond motifs is 1. The van der Waals surface area contributed by atoms with E-state index in [0.29, 0.717) is 30.5 Å². The van der Waals surface area contributed by atoms with Gasteiger partial charge in [-0.15, -0.1) is 0 Å². The Morgan fingerprint density at radius 1 is 0.971 bits per heavy atom. The summed E-state index contributed by atoms with van der Waals surface area (Å²) in [5, 5.41) is 0. The van der Waals surface area contributed by atoms with Gasteiger partial charge >= 0.3 is 6.09 Å². The first-order chi connectivity index (χ1) is 17.1. The lowest BCUT2D eigenvalue weighted by Gasteiger charge is -2.36. The van der Waals surface area contributed by atoms with E-state index in [4.69, 9.17) is 18.9 Å². The van der Waals surface area contributed by atoms with Gasteiger partial charge in [-0.1, -0.05) is 0 Å². The summed E-state index contributed by atoms with van der Waals surface area (Å²) in [6.07, 6.45) is 1.28. The van der Waals surface area contributed by atoms with Crippen molar-refractivity contribution >= 4 is 28.5 Å². The molecule has 0 bridgehead atoms. The van der Waals surface area contributed by atoms with Crippen LogP contribution in [0.5, 0.6) is 17.4 Å². The molecule has 2 aliphatic rings. The molecule has 10 heteroatoms. The van der Waals surface area contributed by atoms with Gasteiger partial charge in [-0.2, -0.15) is 0 Å². The van der Waals surface area contributed by atoms with Crippen LogP contribution in [0.4, 0.5) is 16.2 Å². The average Bonchev–Trinajstić information content (AvgIpc) is 3.27. The second-order valence-electron chi connectivity index (χ2n) is 8.49. The van der Waals surface area contributed by atoms with Crippen molar-refractivity contribution in [2.45, 2.75) is 6.10 Å². The lowest BCUT2D eigenvalue weighted by atomic mass is 10.2. The van der Waals surface area contributed by atoms with Crippen LogP contribution in [0.3, 0.4) is 0 Å². The fraction of sp³-hybridized carbons (Fsp3) is 0.400. The Bertz CT molecular complexity index is 1210. The maximum absolute atomic E-state index is 12.6. The molecule has 2 aliphatic heterocycles. The Morgan fingerprint density at radius 3 is 2.51 bits per heavy atom. The predicted molar refractivity (Wildman–Crippen MR) is 132 cm³/mol. The summed E-state index contributed by atoms with van der Waals surface area (Å²) in [4.78, 5) is 27.9. The SMILES string of the molecule is COc1ccc2nccc(N3CCN(CC4CN(c5ccc(OC)c(OC)c5)C(=O)O4)CC3)c2n1. The van der Waals surface area contributed by atoms with Crippen molar-refractivity contribution in [1.29, 1.82) is 0 Å². The van der Waals surface area contributed by atoms with E-state index in [0.717, 1.165) is 48.6 Å². The monoisotopic (exact) mass is 479 g/mol. The zero-order valence-corrected chi connectivity index (χ0v) is 20.1. The Labute approximate surface area is 204 Å². The van der Waals surface area contributed by atoms with Gasteiger partial charge < -0.3 is 23.8 Å². The summed E-state index contributed by atoms with van der Waals surface area (Å²) in [7, 11) is 4.78. The summed E-state index contributed by atoms with van der Waals surface area (Å²) in [5.74, 6) is 1.77. The van der Waals surface area contributed by atoms with Gasteiger partial charge in [-0.3, -0.25) is 14.8 Å². The van der Waals surface area contributed by atoms with Crippen LogP contribution in [-0.2, 0) is 4.74 Å². The average molecular weight is 480 g/mol. The van der Waals surface area contributed by atoms with Crippen LogP contribution in [0.25, 0.3) is 11.0 Å². The molecule has 184 valence electrons. The van der Waals surface area contributed by atoms with E-state index in [2.05, 4.69) is 19.8 Å². The van der Waals surface area contributed by atoms with Crippen molar-refractivity contribution in [3.63, 3.8) is 0 Å². The second kappa shape index (κ2) is 9.83. The van der Waals surface area contributed by atoms with Crippen LogP contribution in [0.15, 0.2) is 42.6 Å². The highest BCUT2D eigenvalue weighted by molar-refractivity contribution is 5.90. The molecule has 1 atom stereocenters. The van der Waals surface area contributed by atoms with E-state index in [1.165, 1.54) is 0 Å². The Balaban J connectivity index is 1.21. The molecule has 2 saturated heterocycles. The number of pyridine rings is 2. The summed E-state index contributed by atoms with van der Waals surface area (Å²) in [5.41, 5.74) is 3.47. The number of rotatable bonds is 7. The summed E-state index contributed by atoms with van der Waals surface area (Å²) >= 11 is 0. The van der Waals surface area contributed by atoms with Crippen LogP contribution in [-0.4, -0.2) is 87.7 Å². The van der Waals surface area contributed by atoms with Crippen LogP contribution in [0.1, 0.15) is 0 Å². The molecule has 1 amide bonds. The van der Waals surface area contributed by atoms with Gasteiger partial charge in [0.1, 0.15) is 11.6 Å². The van der Waals surface area contributed by atoms with Gasteiger partial charge in [0.2, 0.25) is 5.88 Å². The molecule has 1 unspecified atom stereocenters. The Morgan fingerprint density at radius 2 is 1.77 bits per heavy atom. The third-order valence-corrected chi connectivity index (χ3v) is 6.47. The first-order valence-electron chi connectivity index (χ1n) is 11.6. The molecule has 0 N–H and O–H groups in total. The van der Waals surface area contributed by atoms with Gasteiger partial charge in [-0.25, -0.2) is 9.78 Å².